The number of hydrogen-bond donors (Lipinski definition) is 6. The maximum Gasteiger partial charge on any atom is 0.306 e. The van der Waals surface area contributed by atoms with Gasteiger partial charge in [-0.1, -0.05) is 300 Å². The summed E-state index contributed by atoms with van der Waals surface area (Å²) in [6.07, 6.45) is 68.2. The molecule has 6 N–H and O–H groups in total. The molecule has 8 atom stereocenters. The van der Waals surface area contributed by atoms with Crippen molar-refractivity contribution in [2.24, 2.45) is 0 Å². The van der Waals surface area contributed by atoms with Crippen LogP contribution in [0.5, 0.6) is 0 Å². The maximum atomic E-state index is 13.5. The first-order valence-corrected chi connectivity index (χ1v) is 36.1. The Bertz CT molecular complexity index is 1620. The van der Waals surface area contributed by atoms with E-state index >= 15 is 0 Å². The first kappa shape index (κ1) is 80.4. The molecule has 496 valence electrons. The highest BCUT2D eigenvalue weighted by Gasteiger charge is 2.47. The van der Waals surface area contributed by atoms with Gasteiger partial charge in [-0.05, 0) is 89.9 Å². The summed E-state index contributed by atoms with van der Waals surface area (Å²) in [5.74, 6) is -1.19. The fourth-order valence-electron chi connectivity index (χ4n) is 11.2. The summed E-state index contributed by atoms with van der Waals surface area (Å²) in [6, 6.07) is -1.03. The predicted octanol–water partition coefficient (Wildman–Crippen LogP) is 18.5. The molecule has 0 spiro atoms. The van der Waals surface area contributed by atoms with Gasteiger partial charge in [0.1, 0.15) is 24.4 Å². The van der Waals surface area contributed by atoms with Gasteiger partial charge >= 0.3 is 5.97 Å². The van der Waals surface area contributed by atoms with Crippen LogP contribution >= 0.6 is 0 Å². The summed E-state index contributed by atoms with van der Waals surface area (Å²) in [5, 5.41) is 57.3. The Kier molecular flexibility index (Phi) is 58.2. The van der Waals surface area contributed by atoms with Crippen LogP contribution in [-0.2, 0) is 23.8 Å². The van der Waals surface area contributed by atoms with Gasteiger partial charge in [0, 0.05) is 6.42 Å². The van der Waals surface area contributed by atoms with Crippen LogP contribution in [0.4, 0.5) is 0 Å². The zero-order valence-corrected chi connectivity index (χ0v) is 55.2. The highest BCUT2D eigenvalue weighted by atomic mass is 16.7. The van der Waals surface area contributed by atoms with E-state index in [4.69, 9.17) is 14.2 Å². The van der Waals surface area contributed by atoms with Gasteiger partial charge in [0.15, 0.2) is 12.4 Å². The molecule has 0 radical (unpaired) electrons. The molecule has 1 aliphatic heterocycles. The van der Waals surface area contributed by atoms with Crippen molar-refractivity contribution in [2.75, 3.05) is 13.2 Å². The van der Waals surface area contributed by atoms with E-state index in [9.17, 15) is 35.1 Å². The van der Waals surface area contributed by atoms with Gasteiger partial charge in [0.2, 0.25) is 5.91 Å². The molecule has 1 heterocycles. The summed E-state index contributed by atoms with van der Waals surface area (Å²) in [7, 11) is 0. The second kappa shape index (κ2) is 61.6. The molecule has 1 amide bonds. The second-order valence-corrected chi connectivity index (χ2v) is 25.0. The molecular formula is C74H135NO10. The van der Waals surface area contributed by atoms with E-state index in [2.05, 4.69) is 74.7 Å². The van der Waals surface area contributed by atoms with E-state index in [1.165, 1.54) is 218 Å². The zero-order chi connectivity index (χ0) is 61.7. The minimum Gasteiger partial charge on any atom is -0.454 e. The lowest BCUT2D eigenvalue weighted by atomic mass is 9.99. The summed E-state index contributed by atoms with van der Waals surface area (Å²) in [5.41, 5.74) is 0. The van der Waals surface area contributed by atoms with E-state index < -0.39 is 67.4 Å². The van der Waals surface area contributed by atoms with Crippen LogP contribution in [-0.4, -0.2) is 99.6 Å². The molecule has 1 rings (SSSR count). The van der Waals surface area contributed by atoms with Crippen LogP contribution in [0.1, 0.15) is 335 Å². The van der Waals surface area contributed by atoms with E-state index in [0.29, 0.717) is 19.3 Å². The molecule has 0 aliphatic carbocycles. The quantitative estimate of drug-likeness (QED) is 0.0195. The highest BCUT2D eigenvalue weighted by molar-refractivity contribution is 5.80. The number of rotatable bonds is 62. The van der Waals surface area contributed by atoms with Crippen LogP contribution in [0, 0.1) is 0 Å². The lowest BCUT2D eigenvalue weighted by molar-refractivity contribution is -0.305. The first-order valence-electron chi connectivity index (χ1n) is 36.1. The number of carbonyl (C=O) groups is 2. The zero-order valence-electron chi connectivity index (χ0n) is 55.2. The number of aliphatic hydroxyl groups excluding tert-OH is 5. The normalized spacial score (nSPS) is 18.7. The van der Waals surface area contributed by atoms with Crippen LogP contribution < -0.4 is 5.32 Å². The Labute approximate surface area is 522 Å². The Morgan fingerprint density at radius 2 is 0.812 bits per heavy atom. The van der Waals surface area contributed by atoms with Crippen molar-refractivity contribution in [3.05, 3.63) is 60.8 Å². The smallest absolute Gasteiger partial charge is 0.306 e. The Morgan fingerprint density at radius 1 is 0.459 bits per heavy atom. The van der Waals surface area contributed by atoms with Crippen molar-refractivity contribution < 1.29 is 49.3 Å². The van der Waals surface area contributed by atoms with Crippen LogP contribution in [0.2, 0.25) is 0 Å². The standard InChI is InChI=1S/C74H135NO10/c1-4-7-10-13-16-19-22-25-27-29-31-33-35-36-38-40-43-46-49-52-55-58-61-67(78)73(82)75-65(66(77)60-57-54-51-48-45-42-24-21-18-15-12-9-6-3)64-83-74-72(71(81)70(80)68(63-76)84-74)85-69(79)62-59-56-53-50-47-44-41-39-37-34-32-30-28-26-23-20-17-14-11-8-5-2/h16-17,19-20,25-28,57,60,65-68,70-72,74,76-78,80-81H,4-15,18,21-24,29-56,58-59,61-64H2,1-3H3,(H,75,82)/b19-16-,20-17-,27-25-,28-26-,60-57+. The number of carbonyl (C=O) groups excluding carboxylic acids is 2. The van der Waals surface area contributed by atoms with Crippen molar-refractivity contribution in [3.8, 4) is 0 Å². The molecule has 11 nitrogen and oxygen atoms in total. The molecule has 0 aromatic rings. The summed E-state index contributed by atoms with van der Waals surface area (Å²) in [6.45, 7) is 5.79. The van der Waals surface area contributed by atoms with Crippen LogP contribution in [0.3, 0.4) is 0 Å². The Balaban J connectivity index is 2.59. The molecule has 1 aliphatic rings. The van der Waals surface area contributed by atoms with Crippen molar-refractivity contribution in [1.29, 1.82) is 0 Å². The lowest BCUT2D eigenvalue weighted by Crippen LogP contribution is -2.61. The van der Waals surface area contributed by atoms with Gasteiger partial charge in [0.05, 0.1) is 25.4 Å². The van der Waals surface area contributed by atoms with Crippen molar-refractivity contribution in [1.82, 2.24) is 5.32 Å². The number of ether oxygens (including phenoxy) is 3. The second-order valence-electron chi connectivity index (χ2n) is 25.0. The topological polar surface area (TPSA) is 175 Å². The number of esters is 1. The number of aliphatic hydroxyl groups is 5. The lowest BCUT2D eigenvalue weighted by Gasteiger charge is -2.41. The molecule has 0 bridgehead atoms. The molecule has 8 unspecified atom stereocenters. The monoisotopic (exact) mass is 1200 g/mol. The SMILES string of the molecule is CCCCC/C=C\C/C=C\CCCCCCCCCCCCCCC(O)C(=O)NC(COC1OC(CO)C(O)C(O)C1OC(=O)CCCCCCCCCCCCC/C=C\C/C=C\CCCCC)C(O)/C=C/CCCCCCCCCCCCC. The molecule has 11 heteroatoms. The summed E-state index contributed by atoms with van der Waals surface area (Å²) < 4.78 is 17.7. The molecule has 0 aromatic heterocycles. The number of allylic oxidation sites excluding steroid dienone is 9. The molecule has 0 aromatic carbocycles. The number of nitrogens with one attached hydrogen (secondary N) is 1. The highest BCUT2D eigenvalue weighted by Crippen LogP contribution is 2.26. The van der Waals surface area contributed by atoms with Crippen LogP contribution in [0.25, 0.3) is 0 Å². The maximum absolute atomic E-state index is 13.5. The van der Waals surface area contributed by atoms with E-state index in [1.54, 1.807) is 6.08 Å². The molecule has 1 fully saturated rings. The Hall–Kier alpha value is -2.64. The van der Waals surface area contributed by atoms with E-state index in [-0.39, 0.29) is 13.0 Å². The van der Waals surface area contributed by atoms with E-state index in [0.717, 1.165) is 70.6 Å². The van der Waals surface area contributed by atoms with Gasteiger partial charge in [-0.25, -0.2) is 0 Å². The van der Waals surface area contributed by atoms with E-state index in [1.807, 2.05) is 6.08 Å². The average molecular weight is 1200 g/mol. The third kappa shape index (κ3) is 48.9. The van der Waals surface area contributed by atoms with Crippen molar-refractivity contribution in [2.45, 2.75) is 384 Å². The third-order valence-corrected chi connectivity index (χ3v) is 16.9. The molecule has 0 saturated carbocycles. The molecule has 1 saturated heterocycles. The van der Waals surface area contributed by atoms with Gasteiger partial charge in [-0.3, -0.25) is 9.59 Å². The number of amides is 1. The largest absolute Gasteiger partial charge is 0.454 e. The van der Waals surface area contributed by atoms with Gasteiger partial charge in [-0.2, -0.15) is 0 Å². The molecular weight excluding hydrogens is 1060 g/mol. The van der Waals surface area contributed by atoms with Crippen LogP contribution in [0.15, 0.2) is 60.8 Å². The van der Waals surface area contributed by atoms with Gasteiger partial charge < -0.3 is 45.1 Å². The van der Waals surface area contributed by atoms with Crippen molar-refractivity contribution in [3.63, 3.8) is 0 Å². The summed E-state index contributed by atoms with van der Waals surface area (Å²) >= 11 is 0. The van der Waals surface area contributed by atoms with Gasteiger partial charge in [0.25, 0.3) is 0 Å². The fourth-order valence-corrected chi connectivity index (χ4v) is 11.2. The number of unbranched alkanes of at least 4 members (excludes halogenated alkanes) is 40. The minimum atomic E-state index is -1.62. The van der Waals surface area contributed by atoms with Gasteiger partial charge in [-0.15, -0.1) is 0 Å². The summed E-state index contributed by atoms with van der Waals surface area (Å²) in [4.78, 5) is 26.7. The first-order chi connectivity index (χ1) is 41.7. The molecule has 85 heavy (non-hydrogen) atoms. The Morgan fingerprint density at radius 3 is 1.22 bits per heavy atom. The average Bonchev–Trinajstić information content (AvgIpc) is 3.19. The predicted molar refractivity (Wildman–Crippen MR) is 356 cm³/mol. The number of hydrogen-bond acceptors (Lipinski definition) is 10. The fraction of sp³-hybridized carbons (Fsp3) is 0.838. The third-order valence-electron chi connectivity index (χ3n) is 16.9. The minimum absolute atomic E-state index is 0.122. The van der Waals surface area contributed by atoms with Crippen molar-refractivity contribution >= 4 is 11.9 Å².